The van der Waals surface area contributed by atoms with Gasteiger partial charge in [-0.2, -0.15) is 0 Å². The molecule has 0 saturated carbocycles. The van der Waals surface area contributed by atoms with E-state index in [9.17, 15) is 14.4 Å². The fourth-order valence-corrected chi connectivity index (χ4v) is 1.56. The SMILES string of the molecule is CCN(CC)CP(=O)([O-])[O-]. The van der Waals surface area contributed by atoms with Gasteiger partial charge in [-0.25, -0.2) is 0 Å². The molecule has 0 aromatic carbocycles. The molecule has 0 fully saturated rings. The lowest BCUT2D eigenvalue weighted by molar-refractivity contribution is -0.315. The molecule has 0 radical (unpaired) electrons. The summed E-state index contributed by atoms with van der Waals surface area (Å²) >= 11 is 0. The van der Waals surface area contributed by atoms with Crippen LogP contribution in [0.1, 0.15) is 13.8 Å². The lowest BCUT2D eigenvalue weighted by atomic mass is 10.6. The summed E-state index contributed by atoms with van der Waals surface area (Å²) in [5.41, 5.74) is 0. The summed E-state index contributed by atoms with van der Waals surface area (Å²) in [7, 11) is -4.33. The Morgan fingerprint density at radius 2 is 1.70 bits per heavy atom. The minimum absolute atomic E-state index is 0.347. The van der Waals surface area contributed by atoms with Crippen molar-refractivity contribution in [2.45, 2.75) is 13.8 Å². The molecule has 0 heterocycles. The fourth-order valence-electron chi connectivity index (χ4n) is 0.669. The number of hydrogen-bond acceptors (Lipinski definition) is 4. The first-order chi connectivity index (χ1) is 4.49. The van der Waals surface area contributed by atoms with E-state index in [1.165, 1.54) is 0 Å². The summed E-state index contributed by atoms with van der Waals surface area (Å²) in [6.07, 6.45) is -0.347. The van der Waals surface area contributed by atoms with Crippen LogP contribution >= 0.6 is 7.60 Å². The third kappa shape index (κ3) is 4.94. The van der Waals surface area contributed by atoms with E-state index in [0.29, 0.717) is 13.1 Å². The average Bonchev–Trinajstić information content (AvgIpc) is 1.81. The van der Waals surface area contributed by atoms with Gasteiger partial charge in [0.25, 0.3) is 0 Å². The van der Waals surface area contributed by atoms with Crippen LogP contribution < -0.4 is 9.79 Å². The molecule has 0 amide bonds. The van der Waals surface area contributed by atoms with Crippen LogP contribution in [0.2, 0.25) is 0 Å². The second-order valence-electron chi connectivity index (χ2n) is 2.06. The Morgan fingerprint density at radius 1 is 1.30 bits per heavy atom. The Balaban J connectivity index is 3.75. The lowest BCUT2D eigenvalue weighted by Crippen LogP contribution is -2.31. The molecule has 0 aromatic heterocycles. The number of nitrogens with zero attached hydrogens (tertiary/aromatic N) is 1. The average molecular weight is 165 g/mol. The zero-order chi connectivity index (χ0) is 8.20. The van der Waals surface area contributed by atoms with E-state index < -0.39 is 7.60 Å². The highest BCUT2D eigenvalue weighted by Crippen LogP contribution is 2.23. The van der Waals surface area contributed by atoms with Gasteiger partial charge in [0.1, 0.15) is 0 Å². The van der Waals surface area contributed by atoms with E-state index in [-0.39, 0.29) is 6.29 Å². The van der Waals surface area contributed by atoms with Gasteiger partial charge in [0, 0.05) is 6.29 Å². The highest BCUT2D eigenvalue weighted by molar-refractivity contribution is 7.48. The Labute approximate surface area is 61.0 Å². The van der Waals surface area contributed by atoms with Gasteiger partial charge in [0.15, 0.2) is 0 Å². The molecule has 10 heavy (non-hydrogen) atoms. The largest absolute Gasteiger partial charge is 0.810 e. The Hall–Kier alpha value is 0.110. The van der Waals surface area contributed by atoms with Crippen molar-refractivity contribution in [1.29, 1.82) is 0 Å². The second kappa shape index (κ2) is 4.09. The molecular formula is C5H12NO3P-2. The summed E-state index contributed by atoms with van der Waals surface area (Å²) < 4.78 is 10.2. The quantitative estimate of drug-likeness (QED) is 0.511. The standard InChI is InChI=1S/C5H14NO3P/c1-3-6(4-2)5-10(7,8)9/h3-5H2,1-2H3,(H2,7,8,9)/p-2. The van der Waals surface area contributed by atoms with Crippen molar-refractivity contribution in [1.82, 2.24) is 4.90 Å². The smallest absolute Gasteiger partial charge is 0.0260 e. The maximum atomic E-state index is 10.2. The molecule has 4 nitrogen and oxygen atoms in total. The van der Waals surface area contributed by atoms with Crippen LogP contribution in [0.15, 0.2) is 0 Å². The van der Waals surface area contributed by atoms with Crippen LogP contribution in [-0.4, -0.2) is 24.3 Å². The van der Waals surface area contributed by atoms with Crippen LogP contribution in [0.25, 0.3) is 0 Å². The van der Waals surface area contributed by atoms with E-state index in [2.05, 4.69) is 0 Å². The van der Waals surface area contributed by atoms with E-state index in [1.807, 2.05) is 13.8 Å². The summed E-state index contributed by atoms with van der Waals surface area (Å²) in [6.45, 7) is 4.84. The minimum Gasteiger partial charge on any atom is -0.810 e. The van der Waals surface area contributed by atoms with Gasteiger partial charge in [0.05, 0.1) is 0 Å². The van der Waals surface area contributed by atoms with Gasteiger partial charge in [-0.15, -0.1) is 0 Å². The van der Waals surface area contributed by atoms with Gasteiger partial charge >= 0.3 is 0 Å². The predicted octanol–water partition coefficient (Wildman–Crippen LogP) is -0.801. The third-order valence-electron chi connectivity index (χ3n) is 1.27. The minimum atomic E-state index is -4.33. The monoisotopic (exact) mass is 165 g/mol. The second-order valence-corrected chi connectivity index (χ2v) is 3.56. The molecule has 0 aliphatic heterocycles. The lowest BCUT2D eigenvalue weighted by Gasteiger charge is -2.34. The summed E-state index contributed by atoms with van der Waals surface area (Å²) in [6, 6.07) is 0. The van der Waals surface area contributed by atoms with Gasteiger partial charge < -0.3 is 14.4 Å². The van der Waals surface area contributed by atoms with Crippen molar-refractivity contribution in [3.63, 3.8) is 0 Å². The molecular weight excluding hydrogens is 153 g/mol. The number of rotatable bonds is 4. The molecule has 0 bridgehead atoms. The maximum Gasteiger partial charge on any atom is 0.0260 e. The first-order valence-electron chi connectivity index (χ1n) is 3.23. The summed E-state index contributed by atoms with van der Waals surface area (Å²) in [5.74, 6) is 0. The van der Waals surface area contributed by atoms with Gasteiger partial charge in [-0.1, -0.05) is 21.4 Å². The zero-order valence-electron chi connectivity index (χ0n) is 6.24. The molecule has 0 unspecified atom stereocenters. The first-order valence-corrected chi connectivity index (χ1v) is 4.95. The molecule has 0 aliphatic rings. The normalized spacial score (nSPS) is 12.5. The molecule has 0 rings (SSSR count). The third-order valence-corrected chi connectivity index (χ3v) is 2.01. The van der Waals surface area contributed by atoms with E-state index in [0.717, 1.165) is 0 Å². The topological polar surface area (TPSA) is 66.4 Å². The van der Waals surface area contributed by atoms with Gasteiger partial charge in [0.2, 0.25) is 0 Å². The maximum absolute atomic E-state index is 10.2. The summed E-state index contributed by atoms with van der Waals surface area (Å²) in [4.78, 5) is 22.0. The highest BCUT2D eigenvalue weighted by Gasteiger charge is 1.99. The van der Waals surface area contributed by atoms with Crippen molar-refractivity contribution in [3.8, 4) is 0 Å². The van der Waals surface area contributed by atoms with E-state index in [1.54, 1.807) is 4.90 Å². The van der Waals surface area contributed by atoms with Crippen molar-refractivity contribution in [2.75, 3.05) is 19.4 Å². The van der Waals surface area contributed by atoms with Crippen LogP contribution in [0.4, 0.5) is 0 Å². The highest BCUT2D eigenvalue weighted by atomic mass is 31.2. The Kier molecular flexibility index (Phi) is 4.13. The summed E-state index contributed by atoms with van der Waals surface area (Å²) in [5, 5.41) is 0. The van der Waals surface area contributed by atoms with Crippen molar-refractivity contribution >= 4 is 7.60 Å². The van der Waals surface area contributed by atoms with Crippen molar-refractivity contribution in [3.05, 3.63) is 0 Å². The molecule has 0 saturated heterocycles. The van der Waals surface area contributed by atoms with E-state index in [4.69, 9.17) is 0 Å². The molecule has 0 N–H and O–H groups in total. The van der Waals surface area contributed by atoms with Gasteiger partial charge in [-0.3, -0.25) is 4.90 Å². The molecule has 0 aliphatic carbocycles. The Morgan fingerprint density at radius 3 is 1.80 bits per heavy atom. The molecule has 0 aromatic rings. The Bertz CT molecular complexity index is 129. The fraction of sp³-hybridized carbons (Fsp3) is 1.00. The molecule has 0 spiro atoms. The first kappa shape index (κ1) is 10.1. The van der Waals surface area contributed by atoms with Crippen LogP contribution in [0, 0.1) is 0 Å². The van der Waals surface area contributed by atoms with Crippen molar-refractivity contribution in [2.24, 2.45) is 0 Å². The number of hydrogen-bond donors (Lipinski definition) is 0. The molecule has 5 heteroatoms. The molecule has 0 atom stereocenters. The predicted molar refractivity (Wildman–Crippen MR) is 35.4 cm³/mol. The van der Waals surface area contributed by atoms with Crippen LogP contribution in [-0.2, 0) is 4.57 Å². The molecule has 62 valence electrons. The van der Waals surface area contributed by atoms with Crippen LogP contribution in [0.5, 0.6) is 0 Å². The van der Waals surface area contributed by atoms with E-state index >= 15 is 0 Å². The van der Waals surface area contributed by atoms with Crippen molar-refractivity contribution < 1.29 is 14.4 Å². The van der Waals surface area contributed by atoms with Crippen LogP contribution in [0.3, 0.4) is 0 Å². The zero-order valence-corrected chi connectivity index (χ0v) is 7.13. The van der Waals surface area contributed by atoms with Gasteiger partial charge in [-0.05, 0) is 13.1 Å².